The largest absolute Gasteiger partial charge is 0.396 e. The van der Waals surface area contributed by atoms with Crippen LogP contribution in [0.1, 0.15) is 29.2 Å². The summed E-state index contributed by atoms with van der Waals surface area (Å²) in [5.41, 5.74) is 6.29. The molecule has 0 atom stereocenters. The van der Waals surface area contributed by atoms with Crippen LogP contribution in [0.2, 0.25) is 0 Å². The molecule has 1 amide bonds. The minimum Gasteiger partial charge on any atom is -0.396 e. The highest BCUT2D eigenvalue weighted by Gasteiger charge is 2.28. The van der Waals surface area contributed by atoms with Gasteiger partial charge >= 0.3 is 0 Å². The number of hydrogen-bond acceptors (Lipinski definition) is 8. The first-order valence-corrected chi connectivity index (χ1v) is 12.5. The standard InChI is InChI=1S/C26H26F2N8O2/c27-20-13-22(29)21(28)12-18(20)23-32-24(34-8-10-38-11-9-34)19-15-31-36(25(19)33-23)17-3-6-35(7-4-17)26(37)16-2-1-5-30-14-16/h1-2,5,12-15,17H,3-4,6-11,29H2. The zero-order chi connectivity index (χ0) is 26.2. The molecule has 2 aliphatic heterocycles. The fraction of sp³-hybridized carbons (Fsp3) is 0.346. The first kappa shape index (κ1) is 24.2. The van der Waals surface area contributed by atoms with E-state index >= 15 is 0 Å². The molecule has 0 saturated carbocycles. The van der Waals surface area contributed by atoms with Crippen LogP contribution in [0.3, 0.4) is 0 Å². The quantitative estimate of drug-likeness (QED) is 0.409. The van der Waals surface area contributed by atoms with Crippen LogP contribution < -0.4 is 10.6 Å². The molecule has 4 aromatic rings. The summed E-state index contributed by atoms with van der Waals surface area (Å²) in [6.45, 7) is 3.36. The van der Waals surface area contributed by atoms with Crippen LogP contribution in [0, 0.1) is 11.6 Å². The van der Waals surface area contributed by atoms with Crippen molar-refractivity contribution in [1.29, 1.82) is 0 Å². The molecule has 0 bridgehead atoms. The molecular formula is C26H26F2N8O2. The number of benzene rings is 1. The van der Waals surface area contributed by atoms with Crippen molar-refractivity contribution < 1.29 is 18.3 Å². The summed E-state index contributed by atoms with van der Waals surface area (Å²) >= 11 is 0. The number of amides is 1. The van der Waals surface area contributed by atoms with Crippen molar-refractivity contribution in [3.05, 3.63) is 60.1 Å². The van der Waals surface area contributed by atoms with E-state index in [0.29, 0.717) is 69.3 Å². The molecule has 0 spiro atoms. The Kier molecular flexibility index (Phi) is 6.32. The van der Waals surface area contributed by atoms with E-state index in [1.165, 1.54) is 0 Å². The number of nitrogens with two attached hydrogens (primary N) is 1. The van der Waals surface area contributed by atoms with Gasteiger partial charge in [-0.2, -0.15) is 5.10 Å². The van der Waals surface area contributed by atoms with Gasteiger partial charge in [-0.3, -0.25) is 9.78 Å². The predicted octanol–water partition coefficient (Wildman–Crippen LogP) is 3.06. The lowest BCUT2D eigenvalue weighted by Gasteiger charge is -2.32. The van der Waals surface area contributed by atoms with E-state index in [2.05, 4.69) is 20.1 Å². The van der Waals surface area contributed by atoms with Gasteiger partial charge in [0.05, 0.1) is 47.7 Å². The number of likely N-dealkylation sites (tertiary alicyclic amines) is 1. The average Bonchev–Trinajstić information content (AvgIpc) is 3.39. The molecule has 196 valence electrons. The highest BCUT2D eigenvalue weighted by Crippen LogP contribution is 2.33. The van der Waals surface area contributed by atoms with E-state index in [-0.39, 0.29) is 29.0 Å². The number of halogens is 2. The van der Waals surface area contributed by atoms with E-state index < -0.39 is 11.6 Å². The number of nitrogens with zero attached hydrogens (tertiary/aromatic N) is 7. The topological polar surface area (TPSA) is 115 Å². The van der Waals surface area contributed by atoms with Gasteiger partial charge in [0.1, 0.15) is 17.5 Å². The van der Waals surface area contributed by atoms with E-state index in [1.54, 1.807) is 30.7 Å². The molecular weight excluding hydrogens is 494 g/mol. The molecule has 2 aliphatic rings. The highest BCUT2D eigenvalue weighted by molar-refractivity contribution is 5.94. The van der Waals surface area contributed by atoms with Crippen LogP contribution in [0.25, 0.3) is 22.4 Å². The second-order valence-electron chi connectivity index (χ2n) is 9.42. The smallest absolute Gasteiger partial charge is 0.255 e. The first-order valence-electron chi connectivity index (χ1n) is 12.5. The summed E-state index contributed by atoms with van der Waals surface area (Å²) < 4.78 is 36.5. The third kappa shape index (κ3) is 4.40. The molecule has 0 unspecified atom stereocenters. The lowest BCUT2D eigenvalue weighted by molar-refractivity contribution is 0.0691. The SMILES string of the molecule is Nc1cc(F)c(-c2nc(N3CCOCC3)c3cnn(C4CCN(C(=O)c5cccnc5)CC4)c3n2)cc1F. The van der Waals surface area contributed by atoms with Gasteiger partial charge in [0.2, 0.25) is 0 Å². The Morgan fingerprint density at radius 3 is 2.55 bits per heavy atom. The van der Waals surface area contributed by atoms with E-state index in [0.717, 1.165) is 17.5 Å². The number of piperidine rings is 1. The number of ether oxygens (including phenoxy) is 1. The molecule has 2 fully saturated rings. The van der Waals surface area contributed by atoms with Crippen LogP contribution in [-0.4, -0.2) is 74.9 Å². The van der Waals surface area contributed by atoms with Crippen molar-refractivity contribution in [3.8, 4) is 11.4 Å². The minimum absolute atomic E-state index is 0.0289. The van der Waals surface area contributed by atoms with Crippen molar-refractivity contribution in [1.82, 2.24) is 29.6 Å². The summed E-state index contributed by atoms with van der Waals surface area (Å²) in [6.07, 6.45) is 6.26. The Bertz CT molecular complexity index is 1480. The summed E-state index contributed by atoms with van der Waals surface area (Å²) in [5, 5.41) is 5.37. The van der Waals surface area contributed by atoms with Crippen molar-refractivity contribution >= 4 is 28.4 Å². The summed E-state index contributed by atoms with van der Waals surface area (Å²) in [5.74, 6) is -0.842. The molecule has 5 heterocycles. The van der Waals surface area contributed by atoms with Gasteiger partial charge in [0.15, 0.2) is 11.5 Å². The van der Waals surface area contributed by atoms with Gasteiger partial charge in [-0.25, -0.2) is 23.4 Å². The van der Waals surface area contributed by atoms with Crippen LogP contribution >= 0.6 is 0 Å². The molecule has 12 heteroatoms. The molecule has 2 N–H and O–H groups in total. The molecule has 0 radical (unpaired) electrons. The summed E-state index contributed by atoms with van der Waals surface area (Å²) in [4.78, 5) is 30.1. The number of aromatic nitrogens is 5. The zero-order valence-electron chi connectivity index (χ0n) is 20.6. The molecule has 6 rings (SSSR count). The summed E-state index contributed by atoms with van der Waals surface area (Å²) in [7, 11) is 0. The maximum absolute atomic E-state index is 14.9. The Hall–Kier alpha value is -4.19. The third-order valence-electron chi connectivity index (χ3n) is 7.08. The van der Waals surface area contributed by atoms with Crippen LogP contribution in [0.15, 0.2) is 42.9 Å². The number of anilines is 2. The van der Waals surface area contributed by atoms with Gasteiger partial charge in [-0.1, -0.05) is 0 Å². The number of nitrogen functional groups attached to an aromatic ring is 1. The highest BCUT2D eigenvalue weighted by atomic mass is 19.1. The molecule has 0 aliphatic carbocycles. The van der Waals surface area contributed by atoms with Gasteiger partial charge in [0, 0.05) is 44.6 Å². The number of carbonyl (C=O) groups excluding carboxylic acids is 1. The van der Waals surface area contributed by atoms with Crippen molar-refractivity contribution in [2.75, 3.05) is 50.0 Å². The normalized spacial score (nSPS) is 16.8. The number of fused-ring (bicyclic) bond motifs is 1. The molecule has 1 aromatic carbocycles. The first-order chi connectivity index (χ1) is 18.5. The Morgan fingerprint density at radius 2 is 1.82 bits per heavy atom. The van der Waals surface area contributed by atoms with Crippen LogP contribution in [0.4, 0.5) is 20.3 Å². The lowest BCUT2D eigenvalue weighted by Crippen LogP contribution is -2.39. The zero-order valence-corrected chi connectivity index (χ0v) is 20.6. The Balaban J connectivity index is 1.36. The van der Waals surface area contributed by atoms with Gasteiger partial charge < -0.3 is 20.3 Å². The van der Waals surface area contributed by atoms with E-state index in [9.17, 15) is 13.6 Å². The third-order valence-corrected chi connectivity index (χ3v) is 7.08. The second kappa shape index (κ2) is 9.93. The Morgan fingerprint density at radius 1 is 1.03 bits per heavy atom. The molecule has 10 nitrogen and oxygen atoms in total. The number of rotatable bonds is 4. The van der Waals surface area contributed by atoms with E-state index in [1.807, 2.05) is 14.5 Å². The lowest BCUT2D eigenvalue weighted by atomic mass is 10.0. The number of carbonyl (C=O) groups is 1. The number of morpholine rings is 1. The monoisotopic (exact) mass is 520 g/mol. The Labute approximate surface area is 217 Å². The van der Waals surface area contributed by atoms with Gasteiger partial charge in [0.25, 0.3) is 5.91 Å². The number of pyridine rings is 1. The average molecular weight is 521 g/mol. The van der Waals surface area contributed by atoms with E-state index in [4.69, 9.17) is 10.5 Å². The van der Waals surface area contributed by atoms with Crippen LogP contribution in [-0.2, 0) is 4.74 Å². The molecule has 38 heavy (non-hydrogen) atoms. The van der Waals surface area contributed by atoms with Crippen molar-refractivity contribution in [2.45, 2.75) is 18.9 Å². The second-order valence-corrected chi connectivity index (χ2v) is 9.42. The van der Waals surface area contributed by atoms with Crippen LogP contribution in [0.5, 0.6) is 0 Å². The minimum atomic E-state index is -0.739. The maximum Gasteiger partial charge on any atom is 0.255 e. The van der Waals surface area contributed by atoms with Crippen molar-refractivity contribution in [2.24, 2.45) is 0 Å². The molecule has 3 aromatic heterocycles. The number of hydrogen-bond donors (Lipinski definition) is 1. The maximum atomic E-state index is 14.9. The predicted molar refractivity (Wildman–Crippen MR) is 137 cm³/mol. The fourth-order valence-electron chi connectivity index (χ4n) is 5.03. The van der Waals surface area contributed by atoms with Gasteiger partial charge in [-0.05, 0) is 31.0 Å². The molecule has 2 saturated heterocycles. The summed E-state index contributed by atoms with van der Waals surface area (Å²) in [6, 6.07) is 5.44. The van der Waals surface area contributed by atoms with Gasteiger partial charge in [-0.15, -0.1) is 0 Å². The van der Waals surface area contributed by atoms with Crippen molar-refractivity contribution in [3.63, 3.8) is 0 Å². The fourth-order valence-corrected chi connectivity index (χ4v) is 5.03.